The van der Waals surface area contributed by atoms with Crippen molar-refractivity contribution >= 4 is 12.4 Å². The normalized spacial score (nSPS) is 51.6. The second-order valence-corrected chi connectivity index (χ2v) is 5.79. The van der Waals surface area contributed by atoms with Crippen LogP contribution in [0.25, 0.3) is 0 Å². The van der Waals surface area contributed by atoms with Gasteiger partial charge in [0.2, 0.25) is 0 Å². The summed E-state index contributed by atoms with van der Waals surface area (Å²) in [7, 11) is 2.22. The molecule has 3 rings (SSSR count). The van der Waals surface area contributed by atoms with Crippen molar-refractivity contribution in [3.63, 3.8) is 0 Å². The summed E-state index contributed by atoms with van der Waals surface area (Å²) in [6, 6.07) is 0. The average Bonchev–Trinajstić information content (AvgIpc) is 2.88. The van der Waals surface area contributed by atoms with E-state index in [1.54, 1.807) is 0 Å². The van der Waals surface area contributed by atoms with Crippen LogP contribution in [-0.2, 0) is 0 Å². The smallest absolute Gasteiger partial charge is 0.0265 e. The van der Waals surface area contributed by atoms with Crippen LogP contribution in [0.2, 0.25) is 0 Å². The summed E-state index contributed by atoms with van der Waals surface area (Å²) >= 11 is 0. The molecule has 2 bridgehead atoms. The van der Waals surface area contributed by atoms with Gasteiger partial charge in [-0.3, -0.25) is 0 Å². The third-order valence-electron chi connectivity index (χ3n) is 6.07. The van der Waals surface area contributed by atoms with Gasteiger partial charge in [-0.25, -0.2) is 0 Å². The van der Waals surface area contributed by atoms with Gasteiger partial charge in [-0.05, 0) is 62.8 Å². The molecule has 0 saturated heterocycles. The Bertz CT molecular complexity index is 231. The van der Waals surface area contributed by atoms with Crippen LogP contribution in [0.4, 0.5) is 0 Å². The Balaban J connectivity index is 0.000000853. The maximum atomic E-state index is 3.76. The summed E-state index contributed by atoms with van der Waals surface area (Å²) in [5, 5.41) is 3.76. The van der Waals surface area contributed by atoms with Crippen molar-refractivity contribution in [1.29, 1.82) is 0 Å². The van der Waals surface area contributed by atoms with Crippen LogP contribution in [0.15, 0.2) is 0 Å². The van der Waals surface area contributed by atoms with Crippen molar-refractivity contribution in [3.05, 3.63) is 0 Å². The number of halogens is 1. The summed E-state index contributed by atoms with van der Waals surface area (Å²) in [6.45, 7) is 2.43. The fourth-order valence-electron chi connectivity index (χ4n) is 5.62. The maximum Gasteiger partial charge on any atom is 0.0265 e. The van der Waals surface area contributed by atoms with E-state index in [2.05, 4.69) is 19.3 Å². The second kappa shape index (κ2) is 3.63. The molecule has 3 aliphatic carbocycles. The lowest BCUT2D eigenvalue weighted by Crippen LogP contribution is -2.57. The molecular weight excluding hydrogens is 206 g/mol. The van der Waals surface area contributed by atoms with E-state index in [1.807, 2.05) is 0 Å². The maximum absolute atomic E-state index is 3.76. The lowest BCUT2D eigenvalue weighted by molar-refractivity contribution is 0.0501. The van der Waals surface area contributed by atoms with E-state index < -0.39 is 0 Å². The van der Waals surface area contributed by atoms with E-state index >= 15 is 0 Å². The molecule has 15 heavy (non-hydrogen) atoms. The minimum Gasteiger partial charge on any atom is -0.313 e. The molecule has 0 aromatic heterocycles. The summed E-state index contributed by atoms with van der Waals surface area (Å²) in [4.78, 5) is 0. The third kappa shape index (κ3) is 1.09. The van der Waals surface area contributed by atoms with Gasteiger partial charge in [0.25, 0.3) is 0 Å². The van der Waals surface area contributed by atoms with Crippen LogP contribution >= 0.6 is 12.4 Å². The molecule has 0 spiro atoms. The van der Waals surface area contributed by atoms with Gasteiger partial charge in [-0.2, -0.15) is 0 Å². The van der Waals surface area contributed by atoms with Crippen molar-refractivity contribution in [2.24, 2.45) is 17.3 Å². The molecule has 0 unspecified atom stereocenters. The first-order chi connectivity index (χ1) is 6.79. The minimum atomic E-state index is 0. The molecule has 3 saturated carbocycles. The highest BCUT2D eigenvalue weighted by Gasteiger charge is 2.67. The molecule has 88 valence electrons. The molecule has 3 aliphatic rings. The number of fused-ring (bicyclic) bond motifs is 5. The van der Waals surface area contributed by atoms with Gasteiger partial charge in [0.15, 0.2) is 0 Å². The van der Waals surface area contributed by atoms with Gasteiger partial charge in [0.1, 0.15) is 0 Å². The van der Waals surface area contributed by atoms with Gasteiger partial charge in [-0.1, -0.05) is 13.3 Å². The number of hydrogen-bond acceptors (Lipinski definition) is 1. The molecule has 2 heteroatoms. The van der Waals surface area contributed by atoms with E-state index in [9.17, 15) is 0 Å². The van der Waals surface area contributed by atoms with Crippen molar-refractivity contribution in [2.45, 2.75) is 57.4 Å². The Labute approximate surface area is 99.8 Å². The molecule has 3 fully saturated rings. The fraction of sp³-hybridized carbons (Fsp3) is 1.00. The van der Waals surface area contributed by atoms with Crippen LogP contribution in [0, 0.1) is 17.3 Å². The predicted octanol–water partition coefficient (Wildman–Crippen LogP) is 3.38. The Morgan fingerprint density at radius 3 is 2.53 bits per heavy atom. The van der Waals surface area contributed by atoms with Gasteiger partial charge in [0, 0.05) is 5.54 Å². The Kier molecular flexibility index (Phi) is 2.84. The highest BCUT2D eigenvalue weighted by atomic mass is 35.5. The van der Waals surface area contributed by atoms with Gasteiger partial charge in [-0.15, -0.1) is 12.4 Å². The molecule has 0 aromatic rings. The summed E-state index contributed by atoms with van der Waals surface area (Å²) in [6.07, 6.45) is 10.4. The summed E-state index contributed by atoms with van der Waals surface area (Å²) in [5.74, 6) is 2.08. The Hall–Kier alpha value is 0.250. The molecular formula is C13H24ClN. The Morgan fingerprint density at radius 1 is 1.20 bits per heavy atom. The molecule has 4 atom stereocenters. The highest BCUT2D eigenvalue weighted by molar-refractivity contribution is 5.85. The molecule has 0 heterocycles. The third-order valence-corrected chi connectivity index (χ3v) is 6.07. The molecule has 0 aromatic carbocycles. The number of rotatable bonds is 2. The van der Waals surface area contributed by atoms with E-state index in [-0.39, 0.29) is 12.4 Å². The quantitative estimate of drug-likeness (QED) is 0.766. The first-order valence-corrected chi connectivity index (χ1v) is 6.48. The molecule has 1 nitrogen and oxygen atoms in total. The van der Waals surface area contributed by atoms with E-state index in [0.717, 1.165) is 11.8 Å². The lowest BCUT2D eigenvalue weighted by Gasteiger charge is -2.49. The van der Waals surface area contributed by atoms with Crippen molar-refractivity contribution in [2.75, 3.05) is 7.05 Å². The zero-order chi connectivity index (χ0) is 9.81. The Morgan fingerprint density at radius 2 is 1.93 bits per heavy atom. The lowest BCUT2D eigenvalue weighted by atomic mass is 9.61. The number of nitrogens with one attached hydrogen (secondary N) is 1. The number of hydrogen-bond donors (Lipinski definition) is 1. The first kappa shape index (κ1) is 11.7. The second-order valence-electron chi connectivity index (χ2n) is 5.79. The molecule has 1 N–H and O–H groups in total. The van der Waals surface area contributed by atoms with E-state index in [0.29, 0.717) is 11.0 Å². The monoisotopic (exact) mass is 229 g/mol. The minimum absolute atomic E-state index is 0. The predicted molar refractivity (Wildman–Crippen MR) is 66.4 cm³/mol. The fourth-order valence-corrected chi connectivity index (χ4v) is 5.62. The molecule has 0 aliphatic heterocycles. The van der Waals surface area contributed by atoms with Crippen molar-refractivity contribution in [3.8, 4) is 0 Å². The van der Waals surface area contributed by atoms with Gasteiger partial charge in [0.05, 0.1) is 0 Å². The van der Waals surface area contributed by atoms with Crippen LogP contribution < -0.4 is 5.32 Å². The highest BCUT2D eigenvalue weighted by Crippen LogP contribution is 2.69. The van der Waals surface area contributed by atoms with Crippen molar-refractivity contribution < 1.29 is 0 Å². The van der Waals surface area contributed by atoms with Crippen molar-refractivity contribution in [1.82, 2.24) is 5.32 Å². The zero-order valence-corrected chi connectivity index (χ0v) is 10.8. The average molecular weight is 230 g/mol. The summed E-state index contributed by atoms with van der Waals surface area (Å²) in [5.41, 5.74) is 1.26. The standard InChI is InChI=1S/C13H23N.ClH/c1-3-12-7-4-8-13(12,14-2)11-6-5-10(12)9-11;/h10-11,14H,3-9H2,1-2H3;1H/t10-,11-,12-,13-;/m0./s1. The van der Waals surface area contributed by atoms with E-state index in [1.165, 1.54) is 44.9 Å². The van der Waals surface area contributed by atoms with Crippen LogP contribution in [0.3, 0.4) is 0 Å². The van der Waals surface area contributed by atoms with Gasteiger partial charge >= 0.3 is 0 Å². The topological polar surface area (TPSA) is 12.0 Å². The molecule has 0 radical (unpaired) electrons. The summed E-state index contributed by atoms with van der Waals surface area (Å²) < 4.78 is 0. The van der Waals surface area contributed by atoms with Crippen LogP contribution in [-0.4, -0.2) is 12.6 Å². The van der Waals surface area contributed by atoms with E-state index in [4.69, 9.17) is 0 Å². The first-order valence-electron chi connectivity index (χ1n) is 6.48. The SMILES string of the molecule is CC[C@@]12CCC[C@]1(NC)[C@H]1CC[C@H]2C1.Cl. The van der Waals surface area contributed by atoms with Crippen LogP contribution in [0.5, 0.6) is 0 Å². The van der Waals surface area contributed by atoms with Gasteiger partial charge < -0.3 is 5.32 Å². The molecule has 0 amide bonds. The largest absolute Gasteiger partial charge is 0.313 e. The van der Waals surface area contributed by atoms with Crippen LogP contribution in [0.1, 0.15) is 51.9 Å². The zero-order valence-electron chi connectivity index (χ0n) is 10.0.